The second-order valence-corrected chi connectivity index (χ2v) is 8.20. The zero-order valence-corrected chi connectivity index (χ0v) is 17.1. The molecule has 1 saturated heterocycles. The first kappa shape index (κ1) is 19.6. The highest BCUT2D eigenvalue weighted by Gasteiger charge is 2.30. The number of hydrogen-bond acceptors (Lipinski definition) is 2. The predicted octanol–water partition coefficient (Wildman–Crippen LogP) is 1.56. The summed E-state index contributed by atoms with van der Waals surface area (Å²) in [6, 6.07) is 18.1. The van der Waals surface area contributed by atoms with Crippen molar-refractivity contribution in [2.75, 3.05) is 39.8 Å². The number of rotatable bonds is 4. The molecule has 4 rings (SSSR count). The molecule has 0 spiro atoms. The van der Waals surface area contributed by atoms with Gasteiger partial charge in [-0.05, 0) is 42.5 Å². The number of carbonyl (C=O) groups excluding carboxylic acids is 2. The number of aryl methyl sites for hydroxylation is 1. The standard InChI is InChI=1S/C24H29N3O2/c1-25(22-13-7-11-19-8-5-6-12-21(19)22)23(28)18-26-14-16-27(17-15-26)24(29)20-9-3-2-4-10-20/h2-6,8-10,12,22H,7,11,13-18H2,1H3/p+1/t22-/m1/s1. The monoisotopic (exact) mass is 392 g/mol. The molecule has 1 atom stereocenters. The Bertz CT molecular complexity index is 859. The molecule has 152 valence electrons. The Morgan fingerprint density at radius 2 is 1.72 bits per heavy atom. The van der Waals surface area contributed by atoms with Crippen LogP contribution in [-0.4, -0.2) is 61.4 Å². The lowest BCUT2D eigenvalue weighted by Gasteiger charge is -2.36. The third-order valence-electron chi connectivity index (χ3n) is 6.38. The van der Waals surface area contributed by atoms with E-state index >= 15 is 0 Å². The van der Waals surface area contributed by atoms with Crippen LogP contribution in [0.4, 0.5) is 0 Å². The Balaban J connectivity index is 1.32. The predicted molar refractivity (Wildman–Crippen MR) is 113 cm³/mol. The number of hydrogen-bond donors (Lipinski definition) is 1. The van der Waals surface area contributed by atoms with Crippen LogP contribution in [0.5, 0.6) is 0 Å². The molecule has 2 aromatic carbocycles. The minimum atomic E-state index is 0.0897. The van der Waals surface area contributed by atoms with Crippen LogP contribution in [0.15, 0.2) is 54.6 Å². The number of fused-ring (bicyclic) bond motifs is 1. The zero-order chi connectivity index (χ0) is 20.2. The minimum absolute atomic E-state index is 0.0897. The largest absolute Gasteiger partial charge is 0.334 e. The van der Waals surface area contributed by atoms with Crippen LogP contribution in [0.3, 0.4) is 0 Å². The summed E-state index contributed by atoms with van der Waals surface area (Å²) in [5.41, 5.74) is 3.43. The van der Waals surface area contributed by atoms with Crippen LogP contribution >= 0.6 is 0 Å². The first-order valence-corrected chi connectivity index (χ1v) is 10.6. The number of carbonyl (C=O) groups is 2. The van der Waals surface area contributed by atoms with E-state index in [0.717, 1.165) is 37.9 Å². The SMILES string of the molecule is CN(C(=O)C[NH+]1CCN(C(=O)c2ccccc2)CC1)[C@@H]1CCCc2ccccc21. The van der Waals surface area contributed by atoms with Crippen LogP contribution in [0.25, 0.3) is 0 Å². The van der Waals surface area contributed by atoms with E-state index in [1.807, 2.05) is 47.2 Å². The summed E-state index contributed by atoms with van der Waals surface area (Å²) in [5, 5.41) is 0. The van der Waals surface area contributed by atoms with Crippen molar-refractivity contribution in [3.05, 3.63) is 71.3 Å². The van der Waals surface area contributed by atoms with Gasteiger partial charge >= 0.3 is 0 Å². The fourth-order valence-corrected chi connectivity index (χ4v) is 4.61. The first-order valence-electron chi connectivity index (χ1n) is 10.6. The third-order valence-corrected chi connectivity index (χ3v) is 6.38. The van der Waals surface area contributed by atoms with E-state index in [1.165, 1.54) is 16.0 Å². The van der Waals surface area contributed by atoms with Gasteiger partial charge in [0.2, 0.25) is 0 Å². The van der Waals surface area contributed by atoms with E-state index in [4.69, 9.17) is 0 Å². The van der Waals surface area contributed by atoms with Gasteiger partial charge in [-0.2, -0.15) is 0 Å². The van der Waals surface area contributed by atoms with Crippen molar-refractivity contribution in [3.8, 4) is 0 Å². The summed E-state index contributed by atoms with van der Waals surface area (Å²) >= 11 is 0. The molecule has 5 heteroatoms. The lowest BCUT2D eigenvalue weighted by atomic mass is 9.87. The molecular formula is C24H30N3O2+. The fraction of sp³-hybridized carbons (Fsp3) is 0.417. The number of piperazine rings is 1. The van der Waals surface area contributed by atoms with Crippen LogP contribution in [0.1, 0.15) is 40.4 Å². The van der Waals surface area contributed by atoms with Crippen LogP contribution in [0, 0.1) is 0 Å². The van der Waals surface area contributed by atoms with Crippen LogP contribution in [-0.2, 0) is 11.2 Å². The van der Waals surface area contributed by atoms with Gasteiger partial charge in [-0.3, -0.25) is 9.59 Å². The molecule has 1 heterocycles. The highest BCUT2D eigenvalue weighted by atomic mass is 16.2. The second kappa shape index (κ2) is 8.78. The van der Waals surface area contributed by atoms with E-state index in [9.17, 15) is 9.59 Å². The molecule has 2 aliphatic rings. The van der Waals surface area contributed by atoms with Gasteiger partial charge in [-0.1, -0.05) is 42.5 Å². The maximum atomic E-state index is 13.0. The van der Waals surface area contributed by atoms with Crippen molar-refractivity contribution in [3.63, 3.8) is 0 Å². The number of amides is 2. The number of nitrogens with one attached hydrogen (secondary N) is 1. The van der Waals surface area contributed by atoms with Gasteiger partial charge in [-0.15, -0.1) is 0 Å². The third kappa shape index (κ3) is 4.35. The molecule has 0 saturated carbocycles. The Labute approximate surface area is 172 Å². The summed E-state index contributed by atoms with van der Waals surface area (Å²) in [6.07, 6.45) is 3.28. The Morgan fingerprint density at radius 1 is 1.03 bits per heavy atom. The lowest BCUT2D eigenvalue weighted by molar-refractivity contribution is -0.896. The Morgan fingerprint density at radius 3 is 2.48 bits per heavy atom. The van der Waals surface area contributed by atoms with Crippen molar-refractivity contribution in [1.29, 1.82) is 0 Å². The Hall–Kier alpha value is -2.66. The number of likely N-dealkylation sites (N-methyl/N-ethyl adjacent to an activating group) is 1. The molecule has 0 radical (unpaired) electrons. The van der Waals surface area contributed by atoms with Gasteiger partial charge < -0.3 is 14.7 Å². The quantitative estimate of drug-likeness (QED) is 0.858. The van der Waals surface area contributed by atoms with E-state index in [2.05, 4.69) is 24.3 Å². The molecule has 1 aliphatic heterocycles. The summed E-state index contributed by atoms with van der Waals surface area (Å²) in [7, 11) is 1.95. The molecular weight excluding hydrogens is 362 g/mol. The second-order valence-electron chi connectivity index (χ2n) is 8.20. The molecule has 1 fully saturated rings. The van der Waals surface area contributed by atoms with E-state index in [-0.39, 0.29) is 17.9 Å². The summed E-state index contributed by atoms with van der Waals surface area (Å²) < 4.78 is 0. The van der Waals surface area contributed by atoms with Crippen LogP contribution in [0.2, 0.25) is 0 Å². The number of benzene rings is 2. The molecule has 1 aliphatic carbocycles. The van der Waals surface area contributed by atoms with Gasteiger partial charge in [0.15, 0.2) is 6.54 Å². The van der Waals surface area contributed by atoms with Crippen molar-refractivity contribution in [2.24, 2.45) is 0 Å². The average molecular weight is 393 g/mol. The maximum Gasteiger partial charge on any atom is 0.278 e. The van der Waals surface area contributed by atoms with E-state index in [1.54, 1.807) is 0 Å². The smallest absolute Gasteiger partial charge is 0.278 e. The fourth-order valence-electron chi connectivity index (χ4n) is 4.61. The van der Waals surface area contributed by atoms with Gasteiger partial charge in [0, 0.05) is 12.6 Å². The molecule has 5 nitrogen and oxygen atoms in total. The zero-order valence-electron chi connectivity index (χ0n) is 17.1. The topological polar surface area (TPSA) is 45.1 Å². The molecule has 29 heavy (non-hydrogen) atoms. The molecule has 1 N–H and O–H groups in total. The maximum absolute atomic E-state index is 13.0. The van der Waals surface area contributed by atoms with Crippen LogP contribution < -0.4 is 4.90 Å². The molecule has 0 unspecified atom stereocenters. The van der Waals surface area contributed by atoms with Crippen molar-refractivity contribution in [2.45, 2.75) is 25.3 Å². The van der Waals surface area contributed by atoms with Gasteiger partial charge in [-0.25, -0.2) is 0 Å². The molecule has 2 amide bonds. The van der Waals surface area contributed by atoms with Crippen molar-refractivity contribution in [1.82, 2.24) is 9.80 Å². The van der Waals surface area contributed by atoms with Gasteiger partial charge in [0.1, 0.15) is 0 Å². The highest BCUT2D eigenvalue weighted by Crippen LogP contribution is 2.33. The highest BCUT2D eigenvalue weighted by molar-refractivity contribution is 5.94. The summed E-state index contributed by atoms with van der Waals surface area (Å²) in [6.45, 7) is 3.54. The van der Waals surface area contributed by atoms with Crippen molar-refractivity contribution >= 4 is 11.8 Å². The van der Waals surface area contributed by atoms with Gasteiger partial charge in [0.25, 0.3) is 11.8 Å². The molecule has 0 aromatic heterocycles. The first-order chi connectivity index (χ1) is 14.1. The normalized spacial score (nSPS) is 19.5. The number of quaternary nitrogens is 1. The average Bonchev–Trinajstić information content (AvgIpc) is 2.79. The molecule has 2 aromatic rings. The lowest BCUT2D eigenvalue weighted by Crippen LogP contribution is -3.15. The Kier molecular flexibility index (Phi) is 5.95. The minimum Gasteiger partial charge on any atom is -0.334 e. The van der Waals surface area contributed by atoms with Gasteiger partial charge in [0.05, 0.1) is 32.2 Å². The number of nitrogens with zero attached hydrogens (tertiary/aromatic N) is 2. The summed E-state index contributed by atoms with van der Waals surface area (Å²) in [5.74, 6) is 0.288. The van der Waals surface area contributed by atoms with Crippen molar-refractivity contribution < 1.29 is 14.5 Å². The van der Waals surface area contributed by atoms with E-state index < -0.39 is 0 Å². The summed E-state index contributed by atoms with van der Waals surface area (Å²) in [4.78, 5) is 30.7. The molecule has 0 bridgehead atoms. The van der Waals surface area contributed by atoms with E-state index in [0.29, 0.717) is 19.6 Å².